The first-order chi connectivity index (χ1) is 12.1. The Bertz CT molecular complexity index is 864. The lowest BCUT2D eigenvalue weighted by molar-refractivity contribution is 0.0962. The Morgan fingerprint density at radius 1 is 1.24 bits per heavy atom. The van der Waals surface area contributed by atoms with E-state index in [4.69, 9.17) is 0 Å². The molecule has 2 heterocycles. The number of aromatic hydroxyl groups is 1. The van der Waals surface area contributed by atoms with E-state index in [9.17, 15) is 9.90 Å². The summed E-state index contributed by atoms with van der Waals surface area (Å²) in [5.41, 5.74) is 7.05. The molecular formula is C16H17N7O2. The summed E-state index contributed by atoms with van der Waals surface area (Å²) in [5, 5.41) is 17.2. The molecule has 0 saturated heterocycles. The highest BCUT2D eigenvalue weighted by Gasteiger charge is 2.11. The predicted octanol–water partition coefficient (Wildman–Crippen LogP) is 1.28. The Morgan fingerprint density at radius 3 is 2.76 bits per heavy atom. The van der Waals surface area contributed by atoms with E-state index in [2.05, 4.69) is 31.2 Å². The van der Waals surface area contributed by atoms with Crippen molar-refractivity contribution >= 4 is 17.4 Å². The number of rotatable bonds is 6. The van der Waals surface area contributed by atoms with Gasteiger partial charge in [0.05, 0.1) is 11.8 Å². The maximum Gasteiger partial charge on any atom is 0.272 e. The molecule has 0 spiro atoms. The molecule has 25 heavy (non-hydrogen) atoms. The molecule has 0 aliphatic heterocycles. The average Bonchev–Trinajstić information content (AvgIpc) is 2.99. The maximum atomic E-state index is 12.0. The summed E-state index contributed by atoms with van der Waals surface area (Å²) < 4.78 is 1.60. The van der Waals surface area contributed by atoms with E-state index in [0.717, 1.165) is 5.56 Å². The molecule has 1 aromatic carbocycles. The van der Waals surface area contributed by atoms with Gasteiger partial charge in [-0.2, -0.15) is 5.10 Å². The number of hydrazine groups is 1. The minimum atomic E-state index is -0.365. The predicted molar refractivity (Wildman–Crippen MR) is 91.8 cm³/mol. The van der Waals surface area contributed by atoms with Gasteiger partial charge in [-0.15, -0.1) is 0 Å². The number of anilines is 2. The van der Waals surface area contributed by atoms with E-state index in [0.29, 0.717) is 23.6 Å². The van der Waals surface area contributed by atoms with Crippen molar-refractivity contribution in [3.05, 3.63) is 60.3 Å². The van der Waals surface area contributed by atoms with Crippen LogP contribution in [0.2, 0.25) is 0 Å². The molecule has 0 aliphatic carbocycles. The second-order valence-electron chi connectivity index (χ2n) is 5.25. The first-order valence-electron chi connectivity index (χ1n) is 7.49. The van der Waals surface area contributed by atoms with Crippen molar-refractivity contribution in [3.8, 4) is 5.75 Å². The minimum absolute atomic E-state index is 0.206. The zero-order valence-corrected chi connectivity index (χ0v) is 13.5. The second kappa shape index (κ2) is 7.30. The first-order valence-corrected chi connectivity index (χ1v) is 7.49. The van der Waals surface area contributed by atoms with Crippen molar-refractivity contribution in [1.82, 2.24) is 25.2 Å². The minimum Gasteiger partial charge on any atom is -0.508 e. The average molecular weight is 339 g/mol. The summed E-state index contributed by atoms with van der Waals surface area (Å²) in [6, 6.07) is 7.04. The molecule has 0 aliphatic rings. The van der Waals surface area contributed by atoms with Gasteiger partial charge in [0.25, 0.3) is 5.91 Å². The van der Waals surface area contributed by atoms with Crippen molar-refractivity contribution in [1.29, 1.82) is 0 Å². The van der Waals surface area contributed by atoms with Crippen LogP contribution in [0.15, 0.2) is 49.2 Å². The number of hydrogen-bond donors (Lipinski definition) is 4. The molecule has 0 saturated carbocycles. The van der Waals surface area contributed by atoms with Crippen LogP contribution >= 0.6 is 0 Å². The lowest BCUT2D eigenvalue weighted by Crippen LogP contribution is -2.29. The van der Waals surface area contributed by atoms with Crippen LogP contribution in [0.3, 0.4) is 0 Å². The smallest absolute Gasteiger partial charge is 0.272 e. The molecule has 0 radical (unpaired) electrons. The Labute approximate surface area is 143 Å². The number of carbonyl (C=O) groups excluding carboxylic acids is 1. The molecule has 4 N–H and O–H groups in total. The van der Waals surface area contributed by atoms with Gasteiger partial charge >= 0.3 is 0 Å². The van der Waals surface area contributed by atoms with Gasteiger partial charge in [-0.1, -0.05) is 18.2 Å². The van der Waals surface area contributed by atoms with Crippen molar-refractivity contribution in [3.63, 3.8) is 0 Å². The number of phenols is 1. The molecule has 0 fully saturated rings. The molecule has 9 heteroatoms. The van der Waals surface area contributed by atoms with E-state index in [-0.39, 0.29) is 11.7 Å². The second-order valence-corrected chi connectivity index (χ2v) is 5.25. The third kappa shape index (κ3) is 4.02. The molecule has 0 bridgehead atoms. The highest BCUT2D eigenvalue weighted by atomic mass is 16.3. The fourth-order valence-electron chi connectivity index (χ4n) is 2.16. The van der Waals surface area contributed by atoms with Crippen molar-refractivity contribution in [2.45, 2.75) is 6.54 Å². The summed E-state index contributed by atoms with van der Waals surface area (Å²) in [6.07, 6.45) is 5.91. The van der Waals surface area contributed by atoms with Crippen molar-refractivity contribution in [2.24, 2.45) is 7.05 Å². The first kappa shape index (κ1) is 16.2. The monoisotopic (exact) mass is 339 g/mol. The van der Waals surface area contributed by atoms with Gasteiger partial charge in [-0.3, -0.25) is 20.3 Å². The Kier molecular flexibility index (Phi) is 4.74. The summed E-state index contributed by atoms with van der Waals surface area (Å²) >= 11 is 0. The van der Waals surface area contributed by atoms with Gasteiger partial charge < -0.3 is 10.4 Å². The van der Waals surface area contributed by atoms with Gasteiger partial charge in [-0.05, 0) is 6.07 Å². The van der Waals surface area contributed by atoms with E-state index < -0.39 is 0 Å². The van der Waals surface area contributed by atoms with Crippen LogP contribution in [0.5, 0.6) is 5.75 Å². The summed E-state index contributed by atoms with van der Waals surface area (Å²) in [5.74, 6) is 0.379. The fraction of sp³-hybridized carbons (Fsp3) is 0.125. The molecule has 1 amide bonds. The van der Waals surface area contributed by atoms with Crippen molar-refractivity contribution in [2.75, 3.05) is 10.7 Å². The third-order valence-electron chi connectivity index (χ3n) is 3.40. The number of nitrogens with zero attached hydrogens (tertiary/aromatic N) is 4. The molecule has 3 aromatic rings. The van der Waals surface area contributed by atoms with Crippen LogP contribution in [-0.2, 0) is 13.6 Å². The number of benzene rings is 1. The lowest BCUT2D eigenvalue weighted by Gasteiger charge is -2.10. The van der Waals surface area contributed by atoms with Crippen LogP contribution in [-0.4, -0.2) is 30.8 Å². The largest absolute Gasteiger partial charge is 0.508 e. The van der Waals surface area contributed by atoms with Gasteiger partial charge in [0.1, 0.15) is 17.8 Å². The van der Waals surface area contributed by atoms with Crippen LogP contribution in [0.4, 0.5) is 11.5 Å². The van der Waals surface area contributed by atoms with E-state index >= 15 is 0 Å². The van der Waals surface area contributed by atoms with E-state index in [1.54, 1.807) is 30.1 Å². The maximum absolute atomic E-state index is 12.0. The summed E-state index contributed by atoms with van der Waals surface area (Å²) in [7, 11) is 1.77. The highest BCUT2D eigenvalue weighted by Crippen LogP contribution is 2.21. The zero-order valence-electron chi connectivity index (χ0n) is 13.5. The number of hydrogen-bond acceptors (Lipinski definition) is 7. The number of carbonyl (C=O) groups is 1. The standard InChI is InChI=1S/C16H17N7O2/c1-23-9-13(20-21-16(25)12-6-17-10-18-7-12)15(22-23)19-8-11-4-2-3-5-14(11)24/h2-7,9-10,20,24H,8H2,1H3,(H,19,22)(H,21,25). The fourth-order valence-corrected chi connectivity index (χ4v) is 2.16. The third-order valence-corrected chi connectivity index (χ3v) is 3.40. The number of para-hydroxylation sites is 1. The highest BCUT2D eigenvalue weighted by molar-refractivity contribution is 5.94. The zero-order chi connectivity index (χ0) is 17.6. The molecule has 3 rings (SSSR count). The van der Waals surface area contributed by atoms with Gasteiger partial charge in [0.2, 0.25) is 0 Å². The number of phenolic OH excluding ortho intramolecular Hbond substituents is 1. The molecule has 0 atom stereocenters. The summed E-state index contributed by atoms with van der Waals surface area (Å²) in [4.78, 5) is 19.6. The lowest BCUT2D eigenvalue weighted by atomic mass is 10.2. The molecule has 2 aromatic heterocycles. The van der Waals surface area contributed by atoms with Crippen LogP contribution in [0.25, 0.3) is 0 Å². The van der Waals surface area contributed by atoms with Gasteiger partial charge in [0, 0.05) is 31.5 Å². The number of amides is 1. The molecular weight excluding hydrogens is 322 g/mol. The Hall–Kier alpha value is -3.62. The molecule has 0 unspecified atom stereocenters. The molecule has 9 nitrogen and oxygen atoms in total. The van der Waals surface area contributed by atoms with E-state index in [1.807, 2.05) is 12.1 Å². The number of aryl methyl sites for hydroxylation is 1. The molecule has 128 valence electrons. The van der Waals surface area contributed by atoms with Crippen LogP contribution in [0.1, 0.15) is 15.9 Å². The van der Waals surface area contributed by atoms with Gasteiger partial charge in [-0.25, -0.2) is 9.97 Å². The number of aromatic nitrogens is 4. The SMILES string of the molecule is Cn1cc(NNC(=O)c2cncnc2)c(NCc2ccccc2O)n1. The van der Waals surface area contributed by atoms with Crippen LogP contribution in [0, 0.1) is 0 Å². The normalized spacial score (nSPS) is 10.3. The summed E-state index contributed by atoms with van der Waals surface area (Å²) in [6.45, 7) is 0.388. The van der Waals surface area contributed by atoms with Crippen LogP contribution < -0.4 is 16.2 Å². The number of nitrogens with one attached hydrogen (secondary N) is 3. The van der Waals surface area contributed by atoms with Crippen molar-refractivity contribution < 1.29 is 9.90 Å². The Balaban J connectivity index is 1.65. The van der Waals surface area contributed by atoms with Gasteiger partial charge in [0.15, 0.2) is 5.82 Å². The Morgan fingerprint density at radius 2 is 2.00 bits per heavy atom. The van der Waals surface area contributed by atoms with E-state index in [1.165, 1.54) is 18.7 Å². The quantitative estimate of drug-likeness (QED) is 0.500. The topological polar surface area (TPSA) is 117 Å².